The summed E-state index contributed by atoms with van der Waals surface area (Å²) in [5, 5.41) is 0.790. The molecule has 21 heavy (non-hydrogen) atoms. The Hall–Kier alpha value is -1.51. The van der Waals surface area contributed by atoms with Gasteiger partial charge in [0.2, 0.25) is 0 Å². The number of fused-ring (bicyclic) bond motifs is 1. The second-order valence-corrected chi connectivity index (χ2v) is 6.02. The average Bonchev–Trinajstić information content (AvgIpc) is 2.92. The molecule has 0 N–H and O–H groups in total. The Morgan fingerprint density at radius 2 is 1.71 bits per heavy atom. The molecule has 0 radical (unpaired) electrons. The van der Waals surface area contributed by atoms with Gasteiger partial charge in [-0.15, -0.1) is 0 Å². The number of Topliss-reactive ketones (excluding diaryl/α,β-unsaturated/α-hetero) is 1. The number of halogens is 2. The molecule has 0 aromatic heterocycles. The van der Waals surface area contributed by atoms with Crippen LogP contribution in [0.3, 0.4) is 0 Å². The number of hydrogen-bond donors (Lipinski definition) is 0. The van der Waals surface area contributed by atoms with Crippen molar-refractivity contribution in [2.45, 2.75) is 12.8 Å². The molecule has 0 unspecified atom stereocenters. The fourth-order valence-electron chi connectivity index (χ4n) is 2.84. The van der Waals surface area contributed by atoms with Crippen LogP contribution in [0.25, 0.3) is 0 Å². The highest BCUT2D eigenvalue weighted by Crippen LogP contribution is 2.35. The van der Waals surface area contributed by atoms with Crippen molar-refractivity contribution < 1.29 is 9.53 Å². The quantitative estimate of drug-likeness (QED) is 0.772. The lowest BCUT2D eigenvalue weighted by molar-refractivity contribution is 0.0925. The number of ketones is 1. The molecule has 0 amide bonds. The number of rotatable bonds is 3. The first kappa shape index (κ1) is 14.4. The van der Waals surface area contributed by atoms with E-state index >= 15 is 0 Å². The fraction of sp³-hybridized carbons (Fsp3) is 0.235. The zero-order valence-electron chi connectivity index (χ0n) is 11.5. The number of methoxy groups -OCH3 is 1. The van der Waals surface area contributed by atoms with Crippen LogP contribution in [0, 0.1) is 5.92 Å². The van der Waals surface area contributed by atoms with E-state index in [1.807, 2.05) is 12.1 Å². The van der Waals surface area contributed by atoms with Crippen LogP contribution in [0.2, 0.25) is 10.0 Å². The fourth-order valence-corrected chi connectivity index (χ4v) is 3.33. The molecule has 0 fully saturated rings. The molecule has 2 aromatic carbocycles. The van der Waals surface area contributed by atoms with Gasteiger partial charge in [-0.1, -0.05) is 47.5 Å². The van der Waals surface area contributed by atoms with E-state index in [0.717, 1.165) is 12.8 Å². The van der Waals surface area contributed by atoms with Crippen molar-refractivity contribution in [2.75, 3.05) is 7.11 Å². The molecule has 3 rings (SSSR count). The molecule has 0 spiro atoms. The summed E-state index contributed by atoms with van der Waals surface area (Å²) in [5.74, 6) is 0.457. The van der Waals surface area contributed by atoms with E-state index in [9.17, 15) is 4.79 Å². The normalized spacial score (nSPS) is 14.0. The van der Waals surface area contributed by atoms with Crippen molar-refractivity contribution in [3.05, 3.63) is 63.1 Å². The lowest BCUT2D eigenvalue weighted by Gasteiger charge is -2.12. The van der Waals surface area contributed by atoms with Crippen molar-refractivity contribution in [1.82, 2.24) is 0 Å². The maximum Gasteiger partial charge on any atom is 0.168 e. The maximum atomic E-state index is 12.7. The maximum absolute atomic E-state index is 12.7. The molecule has 0 atom stereocenters. The third kappa shape index (κ3) is 2.66. The van der Waals surface area contributed by atoms with Gasteiger partial charge >= 0.3 is 0 Å². The average molecular weight is 321 g/mol. The van der Waals surface area contributed by atoms with E-state index in [4.69, 9.17) is 27.9 Å². The molecule has 4 heteroatoms. The Morgan fingerprint density at radius 1 is 1.10 bits per heavy atom. The van der Waals surface area contributed by atoms with Gasteiger partial charge in [0.05, 0.1) is 17.2 Å². The molecule has 2 aromatic rings. The van der Waals surface area contributed by atoms with E-state index in [-0.39, 0.29) is 11.7 Å². The third-order valence-corrected chi connectivity index (χ3v) is 4.54. The molecule has 0 bridgehead atoms. The highest BCUT2D eigenvalue weighted by molar-refractivity contribution is 6.37. The Morgan fingerprint density at radius 3 is 2.29 bits per heavy atom. The van der Waals surface area contributed by atoms with E-state index < -0.39 is 0 Å². The second-order valence-electron chi connectivity index (χ2n) is 5.20. The Kier molecular flexibility index (Phi) is 3.92. The minimum absolute atomic E-state index is 0.0424. The summed E-state index contributed by atoms with van der Waals surface area (Å²) < 4.78 is 5.11. The van der Waals surface area contributed by atoms with E-state index in [1.165, 1.54) is 18.2 Å². The van der Waals surface area contributed by atoms with Crippen LogP contribution in [0.1, 0.15) is 21.5 Å². The largest absolute Gasteiger partial charge is 0.495 e. The van der Waals surface area contributed by atoms with Crippen LogP contribution in [0.4, 0.5) is 0 Å². The molecule has 1 aliphatic rings. The first-order valence-electron chi connectivity index (χ1n) is 6.74. The van der Waals surface area contributed by atoms with Crippen LogP contribution in [-0.4, -0.2) is 12.9 Å². The van der Waals surface area contributed by atoms with Gasteiger partial charge in [0.15, 0.2) is 5.78 Å². The SMILES string of the molecule is COc1cc(Cl)c(C(=O)C2Cc3ccccc3C2)cc1Cl. The van der Waals surface area contributed by atoms with Crippen molar-refractivity contribution in [1.29, 1.82) is 0 Å². The second kappa shape index (κ2) is 5.70. The van der Waals surface area contributed by atoms with Gasteiger partial charge in [-0.2, -0.15) is 0 Å². The monoisotopic (exact) mass is 320 g/mol. The minimum atomic E-state index is -0.0654. The smallest absolute Gasteiger partial charge is 0.168 e. The van der Waals surface area contributed by atoms with Crippen molar-refractivity contribution in [2.24, 2.45) is 5.92 Å². The van der Waals surface area contributed by atoms with Crippen LogP contribution in [-0.2, 0) is 12.8 Å². The number of ether oxygens (including phenoxy) is 1. The zero-order valence-corrected chi connectivity index (χ0v) is 13.0. The van der Waals surface area contributed by atoms with Gasteiger partial charge in [-0.25, -0.2) is 0 Å². The molecule has 0 saturated heterocycles. The van der Waals surface area contributed by atoms with Gasteiger partial charge in [-0.05, 0) is 30.0 Å². The van der Waals surface area contributed by atoms with Gasteiger partial charge in [0, 0.05) is 17.5 Å². The van der Waals surface area contributed by atoms with Gasteiger partial charge in [-0.3, -0.25) is 4.79 Å². The highest BCUT2D eigenvalue weighted by Gasteiger charge is 2.29. The molecule has 0 aliphatic heterocycles. The summed E-state index contributed by atoms with van der Waals surface area (Å²) in [6, 6.07) is 11.4. The molecular formula is C17H14Cl2O2. The topological polar surface area (TPSA) is 26.3 Å². The number of carbonyl (C=O) groups is 1. The Labute approximate surface area is 133 Å². The van der Waals surface area contributed by atoms with E-state index in [1.54, 1.807) is 12.1 Å². The summed E-state index contributed by atoms with van der Waals surface area (Å²) >= 11 is 12.3. The first-order chi connectivity index (χ1) is 10.1. The summed E-state index contributed by atoms with van der Waals surface area (Å²) in [4.78, 5) is 12.7. The number of benzene rings is 2. The zero-order chi connectivity index (χ0) is 15.0. The number of hydrogen-bond acceptors (Lipinski definition) is 2. The van der Waals surface area contributed by atoms with Crippen LogP contribution in [0.5, 0.6) is 5.75 Å². The summed E-state index contributed by atoms with van der Waals surface area (Å²) in [7, 11) is 1.52. The molecule has 108 valence electrons. The lowest BCUT2D eigenvalue weighted by atomic mass is 9.95. The predicted molar refractivity (Wildman–Crippen MR) is 84.7 cm³/mol. The van der Waals surface area contributed by atoms with Gasteiger partial charge < -0.3 is 4.74 Å². The molecule has 1 aliphatic carbocycles. The van der Waals surface area contributed by atoms with Gasteiger partial charge in [0.1, 0.15) is 5.75 Å². The van der Waals surface area contributed by atoms with Crippen LogP contribution >= 0.6 is 23.2 Å². The Balaban J connectivity index is 1.89. The number of carbonyl (C=O) groups excluding carboxylic acids is 1. The summed E-state index contributed by atoms with van der Waals surface area (Å²) in [6.45, 7) is 0. The van der Waals surface area contributed by atoms with Crippen molar-refractivity contribution >= 4 is 29.0 Å². The first-order valence-corrected chi connectivity index (χ1v) is 7.49. The lowest BCUT2D eigenvalue weighted by Crippen LogP contribution is -2.15. The Bertz CT molecular complexity index is 685. The van der Waals surface area contributed by atoms with Crippen LogP contribution in [0.15, 0.2) is 36.4 Å². The van der Waals surface area contributed by atoms with Crippen molar-refractivity contribution in [3.8, 4) is 5.75 Å². The van der Waals surface area contributed by atoms with Gasteiger partial charge in [0.25, 0.3) is 0 Å². The molecule has 0 heterocycles. The van der Waals surface area contributed by atoms with Crippen molar-refractivity contribution in [3.63, 3.8) is 0 Å². The summed E-state index contributed by atoms with van der Waals surface area (Å²) in [5.41, 5.74) is 2.96. The predicted octanol–water partition coefficient (Wildman–Crippen LogP) is 4.60. The third-order valence-electron chi connectivity index (χ3n) is 3.93. The van der Waals surface area contributed by atoms with E-state index in [0.29, 0.717) is 21.4 Å². The molecular weight excluding hydrogens is 307 g/mol. The highest BCUT2D eigenvalue weighted by atomic mass is 35.5. The van der Waals surface area contributed by atoms with Crippen LogP contribution < -0.4 is 4.74 Å². The molecule has 0 saturated carbocycles. The summed E-state index contributed by atoms with van der Waals surface area (Å²) in [6.07, 6.45) is 1.52. The standard InChI is InChI=1S/C17H14Cl2O2/c1-21-16-9-14(18)13(8-15(16)19)17(20)12-6-10-4-2-3-5-11(10)7-12/h2-5,8-9,12H,6-7H2,1H3. The minimum Gasteiger partial charge on any atom is -0.495 e. The molecule has 2 nitrogen and oxygen atoms in total. The van der Waals surface area contributed by atoms with E-state index in [2.05, 4.69) is 12.1 Å².